The fourth-order valence-electron chi connectivity index (χ4n) is 3.29. The van der Waals surface area contributed by atoms with Gasteiger partial charge in [-0.25, -0.2) is 0 Å². The Morgan fingerprint density at radius 3 is 2.50 bits per heavy atom. The summed E-state index contributed by atoms with van der Waals surface area (Å²) in [5, 5.41) is 0. The predicted octanol–water partition coefficient (Wildman–Crippen LogP) is 6.19. The van der Waals surface area contributed by atoms with Crippen molar-refractivity contribution in [1.82, 2.24) is 0 Å². The first-order valence-electron chi connectivity index (χ1n) is 8.28. The molecular formula is C20H28. The van der Waals surface area contributed by atoms with Gasteiger partial charge in [-0.3, -0.25) is 0 Å². The van der Waals surface area contributed by atoms with Gasteiger partial charge >= 0.3 is 0 Å². The van der Waals surface area contributed by atoms with E-state index in [1.54, 1.807) is 22.3 Å². The minimum Gasteiger partial charge on any atom is -0.0683 e. The van der Waals surface area contributed by atoms with E-state index >= 15 is 0 Å². The van der Waals surface area contributed by atoms with E-state index in [1.807, 2.05) is 13.8 Å². The fourth-order valence-corrected chi connectivity index (χ4v) is 3.29. The highest BCUT2D eigenvalue weighted by molar-refractivity contribution is 5.71. The Morgan fingerprint density at radius 2 is 1.80 bits per heavy atom. The lowest BCUT2D eigenvalue weighted by Crippen LogP contribution is -1.96. The van der Waals surface area contributed by atoms with Crippen LogP contribution in [0.15, 0.2) is 29.4 Å². The van der Waals surface area contributed by atoms with Crippen LogP contribution in [0.3, 0.4) is 0 Å². The molecule has 1 aromatic rings. The quantitative estimate of drug-likeness (QED) is 0.526. The zero-order chi connectivity index (χ0) is 14.7. The van der Waals surface area contributed by atoms with Crippen molar-refractivity contribution in [3.05, 3.63) is 51.6 Å². The third-order valence-corrected chi connectivity index (χ3v) is 4.19. The number of allylic oxidation sites excluding steroid dienone is 3. The molecule has 3 aliphatic rings. The van der Waals surface area contributed by atoms with E-state index < -0.39 is 0 Å². The van der Waals surface area contributed by atoms with E-state index in [4.69, 9.17) is 0 Å². The van der Waals surface area contributed by atoms with Crippen molar-refractivity contribution < 1.29 is 0 Å². The Kier molecular flexibility index (Phi) is 4.86. The highest BCUT2D eigenvalue weighted by Crippen LogP contribution is 2.52. The van der Waals surface area contributed by atoms with Crippen molar-refractivity contribution >= 4 is 6.08 Å². The van der Waals surface area contributed by atoms with Crippen LogP contribution in [-0.2, 0) is 6.42 Å². The van der Waals surface area contributed by atoms with Gasteiger partial charge in [0.25, 0.3) is 0 Å². The molecule has 3 aliphatic carbocycles. The van der Waals surface area contributed by atoms with Gasteiger partial charge in [0.05, 0.1) is 0 Å². The van der Waals surface area contributed by atoms with Gasteiger partial charge in [0, 0.05) is 5.92 Å². The van der Waals surface area contributed by atoms with Crippen LogP contribution in [0.25, 0.3) is 6.08 Å². The van der Waals surface area contributed by atoms with Crippen molar-refractivity contribution in [3.8, 4) is 0 Å². The summed E-state index contributed by atoms with van der Waals surface area (Å²) in [5.41, 5.74) is 9.57. The summed E-state index contributed by atoms with van der Waals surface area (Å²) in [4.78, 5) is 0. The number of fused-ring (bicyclic) bond motifs is 1. The number of hydrogen-bond donors (Lipinski definition) is 0. The van der Waals surface area contributed by atoms with Gasteiger partial charge in [-0.2, -0.15) is 0 Å². The van der Waals surface area contributed by atoms with Crippen molar-refractivity contribution in [2.75, 3.05) is 0 Å². The number of aryl methyl sites for hydroxylation is 2. The van der Waals surface area contributed by atoms with Gasteiger partial charge in [-0.15, -0.1) is 0 Å². The van der Waals surface area contributed by atoms with Gasteiger partial charge < -0.3 is 0 Å². The third-order valence-electron chi connectivity index (χ3n) is 4.19. The normalized spacial score (nSPS) is 19.9. The maximum Gasteiger partial charge on any atom is 0.00693 e. The summed E-state index contributed by atoms with van der Waals surface area (Å²) >= 11 is 0. The molecule has 0 nitrogen and oxygen atoms in total. The first-order chi connectivity index (χ1) is 9.76. The molecule has 0 radical (unpaired) electrons. The van der Waals surface area contributed by atoms with Gasteiger partial charge in [0.1, 0.15) is 0 Å². The molecule has 4 rings (SSSR count). The SMILES string of the molecule is CC.CCC.Cc1ccc2c3c1C=CC1=C(C1)C3CC2. The van der Waals surface area contributed by atoms with Crippen LogP contribution < -0.4 is 0 Å². The fraction of sp³-hybridized carbons (Fsp3) is 0.500. The van der Waals surface area contributed by atoms with E-state index in [-0.39, 0.29) is 0 Å². The van der Waals surface area contributed by atoms with Crippen molar-refractivity contribution in [2.24, 2.45) is 0 Å². The van der Waals surface area contributed by atoms with Gasteiger partial charge in [0.15, 0.2) is 0 Å². The van der Waals surface area contributed by atoms with Crippen LogP contribution in [0, 0.1) is 6.92 Å². The highest BCUT2D eigenvalue weighted by atomic mass is 14.4. The van der Waals surface area contributed by atoms with Crippen molar-refractivity contribution in [3.63, 3.8) is 0 Å². The molecule has 0 N–H and O–H groups in total. The zero-order valence-corrected chi connectivity index (χ0v) is 13.7. The standard InChI is InChI=1S/C15H14.C3H8.C2H6/c1-9-2-3-10-4-7-13-14-8-11(14)5-6-12(9)15(10)13;1-3-2;1-2/h2-3,5-6,13H,4,7-8H2,1H3;3H2,1-2H3;1-2H3. The van der Waals surface area contributed by atoms with E-state index in [0.717, 1.165) is 5.92 Å². The minimum absolute atomic E-state index is 0.778. The average Bonchev–Trinajstić information content (AvgIpc) is 3.13. The first kappa shape index (κ1) is 15.1. The van der Waals surface area contributed by atoms with Crippen LogP contribution in [-0.4, -0.2) is 0 Å². The second-order valence-electron chi connectivity index (χ2n) is 5.73. The molecule has 0 bridgehead atoms. The monoisotopic (exact) mass is 268 g/mol. The average molecular weight is 268 g/mol. The molecule has 0 heterocycles. The Hall–Kier alpha value is -1.30. The van der Waals surface area contributed by atoms with E-state index in [1.165, 1.54) is 36.8 Å². The molecule has 1 unspecified atom stereocenters. The highest BCUT2D eigenvalue weighted by Gasteiger charge is 2.36. The minimum atomic E-state index is 0.778. The maximum atomic E-state index is 2.35. The molecule has 0 amide bonds. The summed E-state index contributed by atoms with van der Waals surface area (Å²) < 4.78 is 0. The molecule has 0 aliphatic heterocycles. The molecule has 0 heteroatoms. The third kappa shape index (κ3) is 2.61. The molecule has 1 atom stereocenters. The summed E-state index contributed by atoms with van der Waals surface area (Å²) in [7, 11) is 0. The van der Waals surface area contributed by atoms with E-state index in [2.05, 4.69) is 45.1 Å². The topological polar surface area (TPSA) is 0 Å². The molecule has 0 saturated carbocycles. The van der Waals surface area contributed by atoms with Gasteiger partial charge in [0.2, 0.25) is 0 Å². The molecule has 108 valence electrons. The van der Waals surface area contributed by atoms with E-state index in [9.17, 15) is 0 Å². The zero-order valence-electron chi connectivity index (χ0n) is 13.7. The Morgan fingerprint density at radius 1 is 1.10 bits per heavy atom. The van der Waals surface area contributed by atoms with Gasteiger partial charge in [-0.05, 0) is 54.0 Å². The smallest absolute Gasteiger partial charge is 0.00693 e. The van der Waals surface area contributed by atoms with Gasteiger partial charge in [-0.1, -0.05) is 64.0 Å². The lowest BCUT2D eigenvalue weighted by molar-refractivity contribution is 0.788. The Labute approximate surface area is 124 Å². The Balaban J connectivity index is 0.000000264. The molecular weight excluding hydrogens is 240 g/mol. The molecule has 0 saturated heterocycles. The van der Waals surface area contributed by atoms with Crippen LogP contribution in [0.4, 0.5) is 0 Å². The summed E-state index contributed by atoms with van der Waals surface area (Å²) in [5.74, 6) is 0.778. The molecule has 0 spiro atoms. The van der Waals surface area contributed by atoms with Crippen LogP contribution in [0.5, 0.6) is 0 Å². The molecule has 20 heavy (non-hydrogen) atoms. The number of benzene rings is 1. The lowest BCUT2D eigenvalue weighted by atomic mass is 9.91. The van der Waals surface area contributed by atoms with Crippen molar-refractivity contribution in [1.29, 1.82) is 0 Å². The van der Waals surface area contributed by atoms with Crippen LogP contribution in [0.2, 0.25) is 0 Å². The van der Waals surface area contributed by atoms with Crippen molar-refractivity contribution in [2.45, 2.75) is 66.2 Å². The predicted molar refractivity (Wildman–Crippen MR) is 90.2 cm³/mol. The maximum absolute atomic E-state index is 2.35. The Bertz CT molecular complexity index is 543. The molecule has 0 aromatic heterocycles. The second-order valence-corrected chi connectivity index (χ2v) is 5.73. The number of hydrogen-bond acceptors (Lipinski definition) is 0. The summed E-state index contributed by atoms with van der Waals surface area (Å²) in [6.45, 7) is 10.5. The van der Waals surface area contributed by atoms with Crippen LogP contribution in [0.1, 0.15) is 75.1 Å². The first-order valence-corrected chi connectivity index (χ1v) is 8.28. The van der Waals surface area contributed by atoms with E-state index in [0.29, 0.717) is 0 Å². The molecule has 1 aromatic carbocycles. The summed E-state index contributed by atoms with van der Waals surface area (Å²) in [6.07, 6.45) is 9.87. The lowest BCUT2D eigenvalue weighted by Gasteiger charge is -2.13. The largest absolute Gasteiger partial charge is 0.0683 e. The second kappa shape index (κ2) is 6.43. The number of rotatable bonds is 0. The summed E-state index contributed by atoms with van der Waals surface area (Å²) in [6, 6.07) is 4.63. The molecule has 0 fully saturated rings. The van der Waals surface area contributed by atoms with Crippen LogP contribution >= 0.6 is 0 Å².